The van der Waals surface area contributed by atoms with E-state index in [4.69, 9.17) is 4.84 Å². The maximum absolute atomic E-state index is 13.6. The number of fused-ring (bicyclic) bond motifs is 1. The Hall–Kier alpha value is -2.69. The number of oxime groups is 1. The summed E-state index contributed by atoms with van der Waals surface area (Å²) in [5, 5.41) is 13.7. The van der Waals surface area contributed by atoms with Crippen molar-refractivity contribution in [2.45, 2.75) is 26.2 Å². The van der Waals surface area contributed by atoms with E-state index in [0.717, 1.165) is 29.5 Å². The normalized spacial score (nSPS) is 15.3. The highest BCUT2D eigenvalue weighted by atomic mass is 19.1. The molecule has 3 rings (SSSR count). The van der Waals surface area contributed by atoms with E-state index in [1.54, 1.807) is 18.2 Å². The van der Waals surface area contributed by atoms with E-state index in [9.17, 15) is 14.3 Å². The van der Waals surface area contributed by atoms with Gasteiger partial charge < -0.3 is 9.94 Å². The number of carbonyl (C=O) groups excluding carboxylic acids is 1. The third-order valence-electron chi connectivity index (χ3n) is 4.05. The van der Waals surface area contributed by atoms with Crippen molar-refractivity contribution in [3.05, 3.63) is 64.5 Å². The minimum atomic E-state index is -0.821. The lowest BCUT2D eigenvalue weighted by Gasteiger charge is -2.19. The quantitative estimate of drug-likeness (QED) is 0.679. The molecule has 0 aromatic heterocycles. The van der Waals surface area contributed by atoms with E-state index in [0.29, 0.717) is 12.1 Å². The number of rotatable bonds is 2. The van der Waals surface area contributed by atoms with Crippen molar-refractivity contribution >= 4 is 11.7 Å². The van der Waals surface area contributed by atoms with Gasteiger partial charge >= 0.3 is 5.97 Å². The molecule has 1 aliphatic carbocycles. The highest BCUT2D eigenvalue weighted by Gasteiger charge is 2.20. The van der Waals surface area contributed by atoms with Crippen molar-refractivity contribution in [1.82, 2.24) is 0 Å². The summed E-state index contributed by atoms with van der Waals surface area (Å²) in [6, 6.07) is 9.00. The average molecular weight is 313 g/mol. The lowest BCUT2D eigenvalue weighted by Crippen LogP contribution is -2.15. The predicted molar refractivity (Wildman–Crippen MR) is 84.1 cm³/mol. The highest BCUT2D eigenvalue weighted by Crippen LogP contribution is 2.30. The minimum absolute atomic E-state index is 0.144. The van der Waals surface area contributed by atoms with Crippen molar-refractivity contribution in [2.75, 3.05) is 0 Å². The summed E-state index contributed by atoms with van der Waals surface area (Å²) >= 11 is 0. The molecule has 0 saturated carbocycles. The van der Waals surface area contributed by atoms with Gasteiger partial charge in [-0.25, -0.2) is 9.18 Å². The molecule has 1 aliphatic rings. The molecule has 0 saturated heterocycles. The van der Waals surface area contributed by atoms with Crippen molar-refractivity contribution < 1.29 is 19.1 Å². The summed E-state index contributed by atoms with van der Waals surface area (Å²) in [6.07, 6.45) is 2.37. The van der Waals surface area contributed by atoms with Crippen molar-refractivity contribution in [3.63, 3.8) is 0 Å². The maximum atomic E-state index is 13.6. The van der Waals surface area contributed by atoms with Gasteiger partial charge in [-0.3, -0.25) is 0 Å². The molecular weight excluding hydrogens is 297 g/mol. The number of carbonyl (C=O) groups is 1. The number of nitrogens with zero attached hydrogens (tertiary/aromatic N) is 1. The molecule has 0 bridgehead atoms. The van der Waals surface area contributed by atoms with Crippen LogP contribution in [0.1, 0.15) is 39.9 Å². The van der Waals surface area contributed by atoms with Crippen LogP contribution in [0, 0.1) is 12.7 Å². The molecule has 0 aliphatic heterocycles. The Kier molecular flexibility index (Phi) is 4.10. The smallest absolute Gasteiger partial charge is 0.368 e. The van der Waals surface area contributed by atoms with E-state index in [1.165, 1.54) is 18.2 Å². The second-order valence-corrected chi connectivity index (χ2v) is 5.49. The van der Waals surface area contributed by atoms with Crippen LogP contribution in [0.4, 0.5) is 4.39 Å². The first kappa shape index (κ1) is 15.2. The lowest BCUT2D eigenvalue weighted by molar-refractivity contribution is 0.0510. The number of halogens is 1. The summed E-state index contributed by atoms with van der Waals surface area (Å²) in [6.45, 7) is 1.85. The Morgan fingerprint density at radius 3 is 2.78 bits per heavy atom. The zero-order valence-corrected chi connectivity index (χ0v) is 12.7. The molecule has 0 heterocycles. The van der Waals surface area contributed by atoms with Gasteiger partial charge in [0.05, 0.1) is 11.3 Å². The number of benzene rings is 2. The Morgan fingerprint density at radius 1 is 1.22 bits per heavy atom. The number of hydrogen-bond acceptors (Lipinski definition) is 4. The van der Waals surface area contributed by atoms with Gasteiger partial charge in [-0.05, 0) is 61.6 Å². The summed E-state index contributed by atoms with van der Waals surface area (Å²) in [4.78, 5) is 16.9. The van der Waals surface area contributed by atoms with E-state index in [-0.39, 0.29) is 11.3 Å². The molecule has 0 spiro atoms. The van der Waals surface area contributed by atoms with Crippen LogP contribution in [0.5, 0.6) is 5.75 Å². The fourth-order valence-corrected chi connectivity index (χ4v) is 2.77. The summed E-state index contributed by atoms with van der Waals surface area (Å²) in [5.74, 6) is -1.21. The van der Waals surface area contributed by atoms with Crippen molar-refractivity contribution in [1.29, 1.82) is 0 Å². The lowest BCUT2D eigenvalue weighted by atomic mass is 9.87. The number of phenolic OH excluding ortho intramolecular Hbond substituents is 1. The second kappa shape index (κ2) is 6.20. The van der Waals surface area contributed by atoms with E-state index in [1.807, 2.05) is 6.92 Å². The number of phenols is 1. The standard InChI is InChI=1S/C18H16FNO3/c1-11-12-6-4-8-16(13(12)9-10-17(11)21)20-23-18(22)14-5-2-3-7-15(14)19/h2-3,5,7,9-10,21H,4,6,8H2,1H3/b20-16-. The molecule has 0 fully saturated rings. The SMILES string of the molecule is Cc1c(O)ccc2c1CCC/C2=N/OC(=O)c1ccccc1F. The van der Waals surface area contributed by atoms with Crippen LogP contribution in [-0.2, 0) is 11.3 Å². The van der Waals surface area contributed by atoms with E-state index >= 15 is 0 Å². The van der Waals surface area contributed by atoms with Crippen LogP contribution in [0.25, 0.3) is 0 Å². The zero-order chi connectivity index (χ0) is 16.4. The third-order valence-corrected chi connectivity index (χ3v) is 4.05. The topological polar surface area (TPSA) is 58.9 Å². The first-order valence-corrected chi connectivity index (χ1v) is 7.42. The van der Waals surface area contributed by atoms with Crippen molar-refractivity contribution in [2.24, 2.45) is 5.16 Å². The molecule has 5 heteroatoms. The highest BCUT2D eigenvalue weighted by molar-refractivity contribution is 6.03. The summed E-state index contributed by atoms with van der Waals surface area (Å²) in [7, 11) is 0. The summed E-state index contributed by atoms with van der Waals surface area (Å²) in [5.41, 5.74) is 3.19. The molecule has 118 valence electrons. The molecular formula is C18H16FNO3. The van der Waals surface area contributed by atoms with Gasteiger partial charge in [-0.15, -0.1) is 0 Å². The first-order chi connectivity index (χ1) is 11.1. The number of hydrogen-bond donors (Lipinski definition) is 1. The first-order valence-electron chi connectivity index (χ1n) is 7.42. The van der Waals surface area contributed by atoms with Crippen LogP contribution >= 0.6 is 0 Å². The van der Waals surface area contributed by atoms with E-state index < -0.39 is 11.8 Å². The zero-order valence-electron chi connectivity index (χ0n) is 12.7. The second-order valence-electron chi connectivity index (χ2n) is 5.49. The Morgan fingerprint density at radius 2 is 2.00 bits per heavy atom. The van der Waals surface area contributed by atoms with Gasteiger partial charge in [0.2, 0.25) is 0 Å². The molecule has 0 amide bonds. The fourth-order valence-electron chi connectivity index (χ4n) is 2.77. The predicted octanol–water partition coefficient (Wildman–Crippen LogP) is 3.74. The van der Waals surface area contributed by atoms with Gasteiger partial charge in [0, 0.05) is 5.56 Å². The van der Waals surface area contributed by atoms with Gasteiger partial charge in [-0.2, -0.15) is 0 Å². The van der Waals surface area contributed by atoms with E-state index in [2.05, 4.69) is 5.16 Å². The Bertz CT molecular complexity index is 799. The average Bonchev–Trinajstić information content (AvgIpc) is 2.56. The largest absolute Gasteiger partial charge is 0.508 e. The van der Waals surface area contributed by atoms with Crippen LogP contribution in [-0.4, -0.2) is 16.8 Å². The third kappa shape index (κ3) is 2.95. The molecule has 4 nitrogen and oxygen atoms in total. The maximum Gasteiger partial charge on any atom is 0.368 e. The Labute approximate surface area is 133 Å². The molecule has 2 aromatic rings. The summed E-state index contributed by atoms with van der Waals surface area (Å²) < 4.78 is 13.6. The molecule has 0 radical (unpaired) electrons. The molecule has 0 atom stereocenters. The minimum Gasteiger partial charge on any atom is -0.508 e. The van der Waals surface area contributed by atoms with Gasteiger partial charge in [0.1, 0.15) is 11.6 Å². The molecule has 23 heavy (non-hydrogen) atoms. The van der Waals surface area contributed by atoms with Crippen LogP contribution < -0.4 is 0 Å². The molecule has 1 N–H and O–H groups in total. The van der Waals surface area contributed by atoms with Gasteiger partial charge in [0.25, 0.3) is 0 Å². The molecule has 2 aromatic carbocycles. The fraction of sp³-hybridized carbons (Fsp3) is 0.222. The van der Waals surface area contributed by atoms with Crippen molar-refractivity contribution in [3.8, 4) is 5.75 Å². The Balaban J connectivity index is 1.87. The van der Waals surface area contributed by atoms with Gasteiger partial charge in [0.15, 0.2) is 0 Å². The molecule has 0 unspecified atom stereocenters. The van der Waals surface area contributed by atoms with Gasteiger partial charge in [-0.1, -0.05) is 17.3 Å². The van der Waals surface area contributed by atoms with Crippen LogP contribution in [0.15, 0.2) is 41.6 Å². The van der Waals surface area contributed by atoms with Crippen LogP contribution in [0.2, 0.25) is 0 Å². The monoisotopic (exact) mass is 313 g/mol. The van der Waals surface area contributed by atoms with Crippen LogP contribution in [0.3, 0.4) is 0 Å². The number of aromatic hydroxyl groups is 1.